The van der Waals surface area contributed by atoms with E-state index in [1.54, 1.807) is 0 Å². The predicted molar refractivity (Wildman–Crippen MR) is 97.4 cm³/mol. The average Bonchev–Trinajstić information content (AvgIpc) is 2.92. The number of fused-ring (bicyclic) bond motifs is 2. The van der Waals surface area contributed by atoms with Gasteiger partial charge in [0.2, 0.25) is 15.9 Å². The molecule has 3 N–H and O–H groups in total. The van der Waals surface area contributed by atoms with Crippen molar-refractivity contribution in [2.24, 2.45) is 5.92 Å². The van der Waals surface area contributed by atoms with E-state index in [1.807, 2.05) is 30.3 Å². The summed E-state index contributed by atoms with van der Waals surface area (Å²) in [6, 6.07) is 10.5. The van der Waals surface area contributed by atoms with Gasteiger partial charge >= 0.3 is 0 Å². The van der Waals surface area contributed by atoms with Crippen molar-refractivity contribution in [2.45, 2.75) is 50.7 Å². The maximum absolute atomic E-state index is 12.1. The van der Waals surface area contributed by atoms with Crippen LogP contribution >= 0.6 is 0 Å². The van der Waals surface area contributed by atoms with Gasteiger partial charge in [-0.05, 0) is 37.2 Å². The van der Waals surface area contributed by atoms with Crippen LogP contribution in [0.15, 0.2) is 30.3 Å². The first-order chi connectivity index (χ1) is 12.0. The van der Waals surface area contributed by atoms with Crippen LogP contribution in [0.5, 0.6) is 0 Å². The van der Waals surface area contributed by atoms with Crippen molar-refractivity contribution >= 4 is 15.9 Å². The molecule has 7 heteroatoms. The molecule has 1 amide bonds. The van der Waals surface area contributed by atoms with Gasteiger partial charge < -0.3 is 10.6 Å². The molecular formula is C18H27N3O3S. The molecule has 6 nitrogen and oxygen atoms in total. The van der Waals surface area contributed by atoms with E-state index in [1.165, 1.54) is 12.8 Å². The van der Waals surface area contributed by atoms with E-state index in [0.29, 0.717) is 24.4 Å². The van der Waals surface area contributed by atoms with Gasteiger partial charge in [0, 0.05) is 31.6 Å². The summed E-state index contributed by atoms with van der Waals surface area (Å²) in [5.74, 6) is 0.291. The Hall–Kier alpha value is -1.44. The van der Waals surface area contributed by atoms with E-state index < -0.39 is 10.0 Å². The van der Waals surface area contributed by atoms with E-state index in [9.17, 15) is 13.2 Å². The Morgan fingerprint density at radius 3 is 2.48 bits per heavy atom. The van der Waals surface area contributed by atoms with Crippen LogP contribution in [0.25, 0.3) is 0 Å². The summed E-state index contributed by atoms with van der Waals surface area (Å²) in [7, 11) is -3.39. The van der Waals surface area contributed by atoms with Crippen LogP contribution in [0.1, 0.15) is 37.7 Å². The summed E-state index contributed by atoms with van der Waals surface area (Å²) >= 11 is 0. The molecule has 25 heavy (non-hydrogen) atoms. The summed E-state index contributed by atoms with van der Waals surface area (Å²) < 4.78 is 26.6. The molecule has 2 atom stereocenters. The molecule has 2 bridgehead atoms. The molecule has 0 spiro atoms. The van der Waals surface area contributed by atoms with E-state index in [4.69, 9.17) is 0 Å². The minimum Gasteiger partial charge on any atom is -0.355 e. The highest BCUT2D eigenvalue weighted by atomic mass is 32.2. The van der Waals surface area contributed by atoms with Crippen LogP contribution in [0.4, 0.5) is 0 Å². The first-order valence-electron chi connectivity index (χ1n) is 9.04. The molecule has 2 heterocycles. The van der Waals surface area contributed by atoms with Crippen molar-refractivity contribution in [1.82, 2.24) is 15.4 Å². The fourth-order valence-electron chi connectivity index (χ4n) is 3.86. The number of carbonyl (C=O) groups is 1. The van der Waals surface area contributed by atoms with Crippen molar-refractivity contribution in [3.63, 3.8) is 0 Å². The molecule has 1 aromatic rings. The average molecular weight is 365 g/mol. The smallest absolute Gasteiger partial charge is 0.220 e. The van der Waals surface area contributed by atoms with Gasteiger partial charge in [0.15, 0.2) is 0 Å². The Balaban J connectivity index is 1.34. The van der Waals surface area contributed by atoms with Crippen LogP contribution in [-0.2, 0) is 21.4 Å². The zero-order valence-corrected chi connectivity index (χ0v) is 15.2. The van der Waals surface area contributed by atoms with E-state index in [2.05, 4.69) is 15.4 Å². The van der Waals surface area contributed by atoms with Crippen molar-refractivity contribution in [3.05, 3.63) is 35.9 Å². The molecular weight excluding hydrogens is 338 g/mol. The number of hydrogen-bond acceptors (Lipinski definition) is 4. The Kier molecular flexibility index (Phi) is 6.09. The number of sulfonamides is 1. The summed E-state index contributed by atoms with van der Waals surface area (Å²) in [5.41, 5.74) is 0.913. The SMILES string of the molecule is O=C(CC1CC2CCC(C1)N2)NCCS(=O)(=O)NCc1ccccc1. The largest absolute Gasteiger partial charge is 0.355 e. The van der Waals surface area contributed by atoms with Crippen LogP contribution in [0.3, 0.4) is 0 Å². The molecule has 0 aromatic heterocycles. The Labute approximate surface area is 149 Å². The van der Waals surface area contributed by atoms with E-state index in [0.717, 1.165) is 18.4 Å². The fraction of sp³-hybridized carbons (Fsp3) is 0.611. The third-order valence-corrected chi connectivity index (χ3v) is 6.40. The lowest BCUT2D eigenvalue weighted by Gasteiger charge is -2.28. The number of nitrogens with one attached hydrogen (secondary N) is 3. The highest BCUT2D eigenvalue weighted by Crippen LogP contribution is 2.32. The van der Waals surface area contributed by atoms with Crippen molar-refractivity contribution in [2.75, 3.05) is 12.3 Å². The maximum Gasteiger partial charge on any atom is 0.220 e. The zero-order chi connectivity index (χ0) is 17.7. The number of benzene rings is 1. The van der Waals surface area contributed by atoms with Gasteiger partial charge in [0.1, 0.15) is 0 Å². The van der Waals surface area contributed by atoms with Crippen molar-refractivity contribution < 1.29 is 13.2 Å². The van der Waals surface area contributed by atoms with Crippen molar-refractivity contribution in [1.29, 1.82) is 0 Å². The monoisotopic (exact) mass is 365 g/mol. The third-order valence-electron chi connectivity index (χ3n) is 5.08. The number of amides is 1. The summed E-state index contributed by atoms with van der Waals surface area (Å²) in [5, 5.41) is 6.32. The molecule has 0 saturated carbocycles. The topological polar surface area (TPSA) is 87.3 Å². The lowest BCUT2D eigenvalue weighted by atomic mass is 9.89. The lowest BCUT2D eigenvalue weighted by Crippen LogP contribution is -2.40. The number of rotatable bonds is 8. The maximum atomic E-state index is 12.1. The zero-order valence-electron chi connectivity index (χ0n) is 14.4. The molecule has 0 aliphatic carbocycles. The molecule has 0 radical (unpaired) electrons. The molecule has 2 fully saturated rings. The van der Waals surface area contributed by atoms with Crippen LogP contribution in [0, 0.1) is 5.92 Å². The van der Waals surface area contributed by atoms with Gasteiger partial charge in [-0.3, -0.25) is 4.79 Å². The van der Waals surface area contributed by atoms with Gasteiger partial charge in [-0.25, -0.2) is 13.1 Å². The van der Waals surface area contributed by atoms with E-state index >= 15 is 0 Å². The van der Waals surface area contributed by atoms with Crippen LogP contribution in [-0.4, -0.2) is 38.7 Å². The van der Waals surface area contributed by atoms with Gasteiger partial charge in [0.05, 0.1) is 5.75 Å². The molecule has 2 aliphatic heterocycles. The minimum absolute atomic E-state index is 0.0374. The molecule has 2 unspecified atom stereocenters. The summed E-state index contributed by atoms with van der Waals surface area (Å²) in [6.07, 6.45) is 5.05. The molecule has 3 rings (SSSR count). The normalized spacial score (nSPS) is 25.7. The number of hydrogen-bond donors (Lipinski definition) is 3. The standard InChI is InChI=1S/C18H27N3O3S/c22-18(12-15-10-16-6-7-17(11-15)21-16)19-8-9-25(23,24)20-13-14-4-2-1-3-5-14/h1-5,15-17,20-21H,6-13H2,(H,19,22). The minimum atomic E-state index is -3.39. The molecule has 138 valence electrons. The second kappa shape index (κ2) is 8.29. The summed E-state index contributed by atoms with van der Waals surface area (Å²) in [6.45, 7) is 0.426. The number of carbonyl (C=O) groups excluding carboxylic acids is 1. The second-order valence-corrected chi connectivity index (χ2v) is 9.08. The van der Waals surface area contributed by atoms with Gasteiger partial charge in [0.25, 0.3) is 0 Å². The van der Waals surface area contributed by atoms with Gasteiger partial charge in [-0.2, -0.15) is 0 Å². The van der Waals surface area contributed by atoms with Crippen LogP contribution in [0.2, 0.25) is 0 Å². The predicted octanol–water partition coefficient (Wildman–Crippen LogP) is 1.14. The Morgan fingerprint density at radius 2 is 1.80 bits per heavy atom. The molecule has 2 aliphatic rings. The third kappa shape index (κ3) is 5.80. The first kappa shape index (κ1) is 18.4. The fourth-order valence-corrected chi connectivity index (χ4v) is 4.76. The second-order valence-electron chi connectivity index (χ2n) is 7.15. The number of piperidine rings is 1. The first-order valence-corrected chi connectivity index (χ1v) is 10.7. The van der Waals surface area contributed by atoms with Gasteiger partial charge in [-0.15, -0.1) is 0 Å². The van der Waals surface area contributed by atoms with Gasteiger partial charge in [-0.1, -0.05) is 30.3 Å². The molecule has 1 aromatic carbocycles. The van der Waals surface area contributed by atoms with E-state index in [-0.39, 0.29) is 24.7 Å². The Morgan fingerprint density at radius 1 is 1.12 bits per heavy atom. The van der Waals surface area contributed by atoms with Crippen LogP contribution < -0.4 is 15.4 Å². The highest BCUT2D eigenvalue weighted by molar-refractivity contribution is 7.89. The molecule has 2 saturated heterocycles. The lowest BCUT2D eigenvalue weighted by molar-refractivity contribution is -0.122. The Bertz CT molecular complexity index is 666. The highest BCUT2D eigenvalue weighted by Gasteiger charge is 2.34. The quantitative estimate of drug-likeness (QED) is 0.645. The summed E-state index contributed by atoms with van der Waals surface area (Å²) in [4.78, 5) is 12.1. The van der Waals surface area contributed by atoms with Crippen molar-refractivity contribution in [3.8, 4) is 0 Å².